The van der Waals surface area contributed by atoms with Crippen LogP contribution in [0, 0.1) is 5.92 Å². The number of allylic oxidation sites excluding steroid dienone is 4. The number of rotatable bonds is 5. The van der Waals surface area contributed by atoms with Gasteiger partial charge >= 0.3 is 0 Å². The van der Waals surface area contributed by atoms with E-state index in [-0.39, 0.29) is 12.6 Å². The molecule has 5 heteroatoms. The lowest BCUT2D eigenvalue weighted by atomic mass is 9.98. The SMILES string of the molecule is C=C(Cl)/C=C\C=C(/F)C1C[C@H](CO)NC1C=O. The van der Waals surface area contributed by atoms with Crippen molar-refractivity contribution in [3.8, 4) is 0 Å². The number of aldehydes is 1. The number of nitrogens with one attached hydrogen (secondary N) is 1. The molecule has 3 nitrogen and oxygen atoms in total. The molecule has 1 aliphatic rings. The van der Waals surface area contributed by atoms with E-state index in [1.54, 1.807) is 0 Å². The third-order valence-corrected chi connectivity index (χ3v) is 2.78. The van der Waals surface area contributed by atoms with Gasteiger partial charge in [-0.1, -0.05) is 24.3 Å². The third-order valence-electron chi connectivity index (χ3n) is 2.65. The number of hydrogen-bond acceptors (Lipinski definition) is 3. The van der Waals surface area contributed by atoms with Gasteiger partial charge in [0.1, 0.15) is 12.1 Å². The van der Waals surface area contributed by atoms with Crippen molar-refractivity contribution in [3.63, 3.8) is 0 Å². The summed E-state index contributed by atoms with van der Waals surface area (Å²) in [6.07, 6.45) is 5.23. The van der Waals surface area contributed by atoms with E-state index in [1.165, 1.54) is 18.2 Å². The second-order valence-electron chi connectivity index (χ2n) is 3.91. The lowest BCUT2D eigenvalue weighted by Crippen LogP contribution is -2.34. The average Bonchev–Trinajstić information content (AvgIpc) is 2.71. The molecule has 1 saturated heterocycles. The molecule has 0 aliphatic carbocycles. The maximum absolute atomic E-state index is 13.8. The van der Waals surface area contributed by atoms with Crippen LogP contribution in [0.25, 0.3) is 0 Å². The molecule has 0 amide bonds. The second-order valence-corrected chi connectivity index (χ2v) is 4.39. The zero-order valence-corrected chi connectivity index (χ0v) is 10.0. The van der Waals surface area contributed by atoms with Crippen molar-refractivity contribution in [2.45, 2.75) is 18.5 Å². The van der Waals surface area contributed by atoms with E-state index in [4.69, 9.17) is 16.7 Å². The van der Waals surface area contributed by atoms with E-state index in [9.17, 15) is 9.18 Å². The Morgan fingerprint density at radius 3 is 2.88 bits per heavy atom. The molecule has 0 saturated carbocycles. The van der Waals surface area contributed by atoms with E-state index < -0.39 is 17.8 Å². The van der Waals surface area contributed by atoms with Gasteiger partial charge in [0, 0.05) is 17.0 Å². The van der Waals surface area contributed by atoms with Gasteiger partial charge in [0.2, 0.25) is 0 Å². The predicted molar refractivity (Wildman–Crippen MR) is 65.3 cm³/mol. The Labute approximate surface area is 105 Å². The van der Waals surface area contributed by atoms with Gasteiger partial charge in [0.15, 0.2) is 0 Å². The fourth-order valence-corrected chi connectivity index (χ4v) is 1.90. The summed E-state index contributed by atoms with van der Waals surface area (Å²) in [5.74, 6) is -0.933. The molecule has 3 atom stereocenters. The molecule has 0 aromatic heterocycles. The molecule has 2 N–H and O–H groups in total. The summed E-state index contributed by atoms with van der Waals surface area (Å²) < 4.78 is 13.8. The summed E-state index contributed by atoms with van der Waals surface area (Å²) >= 11 is 5.49. The Kier molecular flexibility index (Phi) is 5.55. The Morgan fingerprint density at radius 2 is 2.35 bits per heavy atom. The molecule has 2 unspecified atom stereocenters. The normalized spacial score (nSPS) is 29.8. The van der Waals surface area contributed by atoms with Gasteiger partial charge in [-0.3, -0.25) is 0 Å². The highest BCUT2D eigenvalue weighted by Crippen LogP contribution is 2.27. The molecule has 0 aromatic rings. The molecule has 1 aliphatic heterocycles. The summed E-state index contributed by atoms with van der Waals surface area (Å²) in [6, 6.07) is -0.822. The lowest BCUT2D eigenvalue weighted by molar-refractivity contribution is -0.110. The van der Waals surface area contributed by atoms with Crippen LogP contribution in [-0.2, 0) is 4.79 Å². The van der Waals surface area contributed by atoms with Gasteiger partial charge < -0.3 is 15.2 Å². The first-order valence-electron chi connectivity index (χ1n) is 5.28. The maximum atomic E-state index is 13.8. The Morgan fingerprint density at radius 1 is 1.65 bits per heavy atom. The van der Waals surface area contributed by atoms with Gasteiger partial charge in [0.05, 0.1) is 12.6 Å². The zero-order valence-electron chi connectivity index (χ0n) is 9.27. The largest absolute Gasteiger partial charge is 0.395 e. The fourth-order valence-electron chi connectivity index (χ4n) is 1.82. The molecule has 1 rings (SSSR count). The maximum Gasteiger partial charge on any atom is 0.137 e. The number of carbonyl (C=O) groups is 1. The second kappa shape index (κ2) is 6.69. The summed E-state index contributed by atoms with van der Waals surface area (Å²) in [4.78, 5) is 10.8. The van der Waals surface area contributed by atoms with E-state index in [2.05, 4.69) is 11.9 Å². The number of hydrogen-bond donors (Lipinski definition) is 2. The number of carbonyl (C=O) groups excluding carboxylic acids is 1. The minimum atomic E-state index is -0.587. The molecule has 0 bridgehead atoms. The molecular formula is C12H15ClFNO2. The molecule has 1 heterocycles. The number of aliphatic hydroxyl groups excluding tert-OH is 1. The molecule has 17 heavy (non-hydrogen) atoms. The van der Waals surface area contributed by atoms with E-state index in [0.29, 0.717) is 17.7 Å². The minimum Gasteiger partial charge on any atom is -0.395 e. The highest BCUT2D eigenvalue weighted by Gasteiger charge is 2.35. The van der Waals surface area contributed by atoms with Crippen LogP contribution in [0.2, 0.25) is 0 Å². The zero-order chi connectivity index (χ0) is 12.8. The van der Waals surface area contributed by atoms with Gasteiger partial charge in [-0.25, -0.2) is 4.39 Å². The third kappa shape index (κ3) is 4.07. The average molecular weight is 260 g/mol. The highest BCUT2D eigenvalue weighted by molar-refractivity contribution is 6.30. The first-order valence-corrected chi connectivity index (χ1v) is 5.66. The van der Waals surface area contributed by atoms with E-state index in [0.717, 1.165) is 0 Å². The Balaban J connectivity index is 2.70. The summed E-state index contributed by atoms with van der Waals surface area (Å²) in [7, 11) is 0. The smallest absolute Gasteiger partial charge is 0.137 e. The quantitative estimate of drug-likeness (QED) is 0.584. The molecule has 1 fully saturated rings. The van der Waals surface area contributed by atoms with E-state index >= 15 is 0 Å². The topological polar surface area (TPSA) is 49.3 Å². The van der Waals surface area contributed by atoms with Gasteiger partial charge in [0.25, 0.3) is 0 Å². The van der Waals surface area contributed by atoms with Gasteiger partial charge in [-0.15, -0.1) is 0 Å². The van der Waals surface area contributed by atoms with Crippen molar-refractivity contribution in [1.82, 2.24) is 5.32 Å². The summed E-state index contributed by atoms with van der Waals surface area (Å²) in [5.41, 5.74) is 0. The van der Waals surface area contributed by atoms with Crippen molar-refractivity contribution in [2.75, 3.05) is 6.61 Å². The summed E-state index contributed by atoms with van der Waals surface area (Å²) in [5, 5.41) is 12.1. The van der Waals surface area contributed by atoms with Crippen LogP contribution < -0.4 is 5.32 Å². The van der Waals surface area contributed by atoms with Crippen LogP contribution in [0.4, 0.5) is 4.39 Å². The first kappa shape index (κ1) is 14.1. The Bertz CT molecular complexity index is 354. The standard InChI is InChI=1S/C12H15ClFNO2/c1-8(13)3-2-4-11(14)10-5-9(6-16)15-12(10)7-17/h2-4,7,9-10,12,15-16H,1,5-6H2/b3-2-,11-4-/t9-,10?,12?/m1/s1. The molecule has 0 aromatic carbocycles. The predicted octanol–water partition coefficient (Wildman–Crippen LogP) is 1.69. The molecule has 0 spiro atoms. The van der Waals surface area contributed by atoms with Crippen LogP contribution in [0.1, 0.15) is 6.42 Å². The molecule has 0 radical (unpaired) electrons. The molecular weight excluding hydrogens is 245 g/mol. The van der Waals surface area contributed by atoms with Crippen LogP contribution >= 0.6 is 11.6 Å². The van der Waals surface area contributed by atoms with Crippen LogP contribution in [0.3, 0.4) is 0 Å². The molecule has 94 valence electrons. The summed E-state index contributed by atoms with van der Waals surface area (Å²) in [6.45, 7) is 3.32. The van der Waals surface area contributed by atoms with Crippen molar-refractivity contribution in [2.24, 2.45) is 5.92 Å². The van der Waals surface area contributed by atoms with Crippen LogP contribution in [-0.4, -0.2) is 30.1 Å². The van der Waals surface area contributed by atoms with Crippen molar-refractivity contribution >= 4 is 17.9 Å². The first-order chi connectivity index (χ1) is 8.08. The van der Waals surface area contributed by atoms with Gasteiger partial charge in [-0.05, 0) is 18.6 Å². The number of aliphatic hydroxyl groups is 1. The van der Waals surface area contributed by atoms with Crippen molar-refractivity contribution in [3.05, 3.63) is 35.7 Å². The van der Waals surface area contributed by atoms with Gasteiger partial charge in [-0.2, -0.15) is 0 Å². The fraction of sp³-hybridized carbons (Fsp3) is 0.417. The van der Waals surface area contributed by atoms with E-state index in [1.807, 2.05) is 0 Å². The monoisotopic (exact) mass is 259 g/mol. The van der Waals surface area contributed by atoms with Crippen molar-refractivity contribution < 1.29 is 14.3 Å². The minimum absolute atomic E-state index is 0.109. The highest BCUT2D eigenvalue weighted by atomic mass is 35.5. The van der Waals surface area contributed by atoms with Crippen LogP contribution in [0.15, 0.2) is 35.7 Å². The number of halogens is 2. The lowest BCUT2D eigenvalue weighted by Gasteiger charge is -2.10. The Hall–Kier alpha value is -0.970. The van der Waals surface area contributed by atoms with Crippen molar-refractivity contribution in [1.29, 1.82) is 0 Å². The van der Waals surface area contributed by atoms with Crippen LogP contribution in [0.5, 0.6) is 0 Å².